The lowest BCUT2D eigenvalue weighted by Gasteiger charge is -2.36. The largest absolute Gasteiger partial charge is 0.464 e. The molecule has 0 saturated carbocycles. The Bertz CT molecular complexity index is 547. The van der Waals surface area contributed by atoms with Crippen molar-refractivity contribution in [3.63, 3.8) is 0 Å². The van der Waals surface area contributed by atoms with Crippen LogP contribution < -0.4 is 10.2 Å². The number of ether oxygens (including phenoxy) is 2. The molecule has 1 aliphatic heterocycles. The molecule has 1 aliphatic rings. The zero-order valence-electron chi connectivity index (χ0n) is 13.2. The van der Waals surface area contributed by atoms with Gasteiger partial charge in [0.25, 0.3) is 0 Å². The second-order valence-electron chi connectivity index (χ2n) is 5.24. The molecule has 6 heteroatoms. The van der Waals surface area contributed by atoms with Crippen molar-refractivity contribution in [1.29, 1.82) is 0 Å². The predicted octanol–water partition coefficient (Wildman–Crippen LogP) is 1.90. The average molecular weight is 306 g/mol. The highest BCUT2D eigenvalue weighted by atomic mass is 16.5. The normalized spacial score (nSPS) is 18.1. The molecule has 0 fully saturated rings. The van der Waals surface area contributed by atoms with Gasteiger partial charge in [-0.1, -0.05) is 18.2 Å². The smallest absolute Gasteiger partial charge is 0.407 e. The Morgan fingerprint density at radius 3 is 2.82 bits per heavy atom. The van der Waals surface area contributed by atoms with E-state index in [1.165, 1.54) is 7.11 Å². The van der Waals surface area contributed by atoms with Gasteiger partial charge in [-0.2, -0.15) is 0 Å². The number of hydrogen-bond acceptors (Lipinski definition) is 5. The van der Waals surface area contributed by atoms with E-state index in [1.54, 1.807) is 6.92 Å². The first kappa shape index (κ1) is 16.1. The van der Waals surface area contributed by atoms with Gasteiger partial charge in [-0.15, -0.1) is 0 Å². The summed E-state index contributed by atoms with van der Waals surface area (Å²) in [6.07, 6.45) is 0.121. The van der Waals surface area contributed by atoms with Crippen molar-refractivity contribution in [1.82, 2.24) is 5.32 Å². The summed E-state index contributed by atoms with van der Waals surface area (Å²) in [4.78, 5) is 26.0. The van der Waals surface area contributed by atoms with E-state index in [9.17, 15) is 9.59 Å². The number of fused-ring (bicyclic) bond motifs is 1. The molecular weight excluding hydrogens is 284 g/mol. The zero-order valence-corrected chi connectivity index (χ0v) is 13.2. The third kappa shape index (κ3) is 3.32. The summed E-state index contributed by atoms with van der Waals surface area (Å²) in [5, 5.41) is 2.62. The summed E-state index contributed by atoms with van der Waals surface area (Å²) in [7, 11) is 3.29. The molecule has 1 N–H and O–H groups in total. The SMILES string of the molecule is CCOC(=O)C(NC(=O)OC)C1CCN(C)c2ccccc21. The Labute approximate surface area is 130 Å². The van der Waals surface area contributed by atoms with Gasteiger partial charge in [0.2, 0.25) is 0 Å². The minimum Gasteiger partial charge on any atom is -0.464 e. The molecule has 22 heavy (non-hydrogen) atoms. The second kappa shape index (κ2) is 7.15. The van der Waals surface area contributed by atoms with E-state index in [1.807, 2.05) is 31.3 Å². The van der Waals surface area contributed by atoms with Crippen molar-refractivity contribution in [2.45, 2.75) is 25.3 Å². The quantitative estimate of drug-likeness (QED) is 0.861. The van der Waals surface area contributed by atoms with Crippen LogP contribution in [0.2, 0.25) is 0 Å². The maximum atomic E-state index is 12.3. The van der Waals surface area contributed by atoms with E-state index in [0.717, 1.165) is 24.2 Å². The van der Waals surface area contributed by atoms with Crippen molar-refractivity contribution in [2.75, 3.05) is 32.2 Å². The van der Waals surface area contributed by atoms with Crippen LogP contribution in [0.1, 0.15) is 24.8 Å². The van der Waals surface area contributed by atoms with Gasteiger partial charge in [-0.25, -0.2) is 9.59 Å². The summed E-state index contributed by atoms with van der Waals surface area (Å²) in [6.45, 7) is 2.82. The van der Waals surface area contributed by atoms with Crippen LogP contribution >= 0.6 is 0 Å². The molecule has 6 nitrogen and oxygen atoms in total. The van der Waals surface area contributed by atoms with E-state index in [0.29, 0.717) is 0 Å². The lowest BCUT2D eigenvalue weighted by atomic mass is 9.84. The highest BCUT2D eigenvalue weighted by molar-refractivity contribution is 5.83. The average Bonchev–Trinajstić information content (AvgIpc) is 2.53. The number of nitrogens with one attached hydrogen (secondary N) is 1. The summed E-state index contributed by atoms with van der Waals surface area (Å²) in [5.74, 6) is -0.567. The van der Waals surface area contributed by atoms with Gasteiger partial charge in [0.15, 0.2) is 0 Å². The summed E-state index contributed by atoms with van der Waals surface area (Å²) in [6, 6.07) is 7.15. The summed E-state index contributed by atoms with van der Waals surface area (Å²) in [5.41, 5.74) is 2.10. The van der Waals surface area contributed by atoms with E-state index in [-0.39, 0.29) is 12.5 Å². The Balaban J connectivity index is 2.33. The lowest BCUT2D eigenvalue weighted by Crippen LogP contribution is -2.48. The number of anilines is 1. The fourth-order valence-electron chi connectivity index (χ4n) is 2.85. The molecule has 0 saturated heterocycles. The first-order valence-corrected chi connectivity index (χ1v) is 7.39. The Hall–Kier alpha value is -2.24. The highest BCUT2D eigenvalue weighted by Crippen LogP contribution is 2.36. The Morgan fingerprint density at radius 2 is 2.14 bits per heavy atom. The molecule has 0 spiro atoms. The van der Waals surface area contributed by atoms with Gasteiger partial charge >= 0.3 is 12.1 Å². The number of hydrogen-bond donors (Lipinski definition) is 1. The first-order chi connectivity index (χ1) is 10.6. The van der Waals surface area contributed by atoms with Crippen LogP contribution in [0.15, 0.2) is 24.3 Å². The molecule has 1 aromatic rings. The van der Waals surface area contributed by atoms with Gasteiger partial charge in [0, 0.05) is 25.2 Å². The molecule has 1 aromatic carbocycles. The fraction of sp³-hybridized carbons (Fsp3) is 0.500. The van der Waals surface area contributed by atoms with Gasteiger partial charge in [-0.05, 0) is 25.0 Å². The van der Waals surface area contributed by atoms with Gasteiger partial charge < -0.3 is 19.7 Å². The van der Waals surface area contributed by atoms with E-state index >= 15 is 0 Å². The third-order valence-electron chi connectivity index (χ3n) is 3.92. The van der Waals surface area contributed by atoms with Gasteiger partial charge in [0.05, 0.1) is 13.7 Å². The summed E-state index contributed by atoms with van der Waals surface area (Å²) >= 11 is 0. The van der Waals surface area contributed by atoms with Crippen molar-refractivity contribution >= 4 is 17.7 Å². The molecular formula is C16H22N2O4. The molecule has 2 atom stereocenters. The number of esters is 1. The number of rotatable bonds is 4. The minimum atomic E-state index is -0.748. The number of nitrogens with zero attached hydrogens (tertiary/aromatic N) is 1. The summed E-state index contributed by atoms with van der Waals surface area (Å²) < 4.78 is 9.76. The molecule has 120 valence electrons. The maximum Gasteiger partial charge on any atom is 0.407 e. The Kier molecular flexibility index (Phi) is 5.25. The van der Waals surface area contributed by atoms with E-state index in [2.05, 4.69) is 15.0 Å². The molecule has 2 unspecified atom stereocenters. The number of carbonyl (C=O) groups excluding carboxylic acids is 2. The molecule has 0 aromatic heterocycles. The number of carbonyl (C=O) groups is 2. The molecule has 2 rings (SSSR count). The molecule has 0 aliphatic carbocycles. The van der Waals surface area contributed by atoms with Gasteiger partial charge in [-0.3, -0.25) is 0 Å². The minimum absolute atomic E-state index is 0.134. The standard InChI is InChI=1S/C16H22N2O4/c1-4-22-15(19)14(17-16(20)21-3)12-9-10-18(2)13-8-6-5-7-11(12)13/h5-8,12,14H,4,9-10H2,1-3H3,(H,17,20). The Morgan fingerprint density at radius 1 is 1.41 bits per heavy atom. The number of benzene rings is 1. The maximum absolute atomic E-state index is 12.3. The van der Waals surface area contributed by atoms with Crippen LogP contribution in [-0.2, 0) is 14.3 Å². The predicted molar refractivity (Wildman–Crippen MR) is 83.0 cm³/mol. The second-order valence-corrected chi connectivity index (χ2v) is 5.24. The number of para-hydroxylation sites is 1. The number of amides is 1. The monoisotopic (exact) mass is 306 g/mol. The van der Waals surface area contributed by atoms with E-state index < -0.39 is 18.1 Å². The van der Waals surface area contributed by atoms with Crippen LogP contribution in [0.3, 0.4) is 0 Å². The van der Waals surface area contributed by atoms with Gasteiger partial charge in [0.1, 0.15) is 6.04 Å². The lowest BCUT2D eigenvalue weighted by molar-refractivity contribution is -0.146. The molecule has 0 radical (unpaired) electrons. The topological polar surface area (TPSA) is 67.9 Å². The van der Waals surface area contributed by atoms with Crippen LogP contribution in [0.5, 0.6) is 0 Å². The first-order valence-electron chi connectivity index (χ1n) is 7.39. The van der Waals surface area contributed by atoms with Crippen molar-refractivity contribution < 1.29 is 19.1 Å². The van der Waals surface area contributed by atoms with Crippen molar-refractivity contribution in [2.24, 2.45) is 0 Å². The van der Waals surface area contributed by atoms with Crippen LogP contribution in [-0.4, -0.2) is 45.4 Å². The van der Waals surface area contributed by atoms with Crippen molar-refractivity contribution in [3.8, 4) is 0 Å². The number of methoxy groups -OCH3 is 1. The van der Waals surface area contributed by atoms with Crippen LogP contribution in [0, 0.1) is 0 Å². The third-order valence-corrected chi connectivity index (χ3v) is 3.92. The molecule has 1 amide bonds. The highest BCUT2D eigenvalue weighted by Gasteiger charge is 2.36. The number of alkyl carbamates (subject to hydrolysis) is 1. The van der Waals surface area contributed by atoms with E-state index in [4.69, 9.17) is 4.74 Å². The van der Waals surface area contributed by atoms with Crippen LogP contribution in [0.25, 0.3) is 0 Å². The fourth-order valence-corrected chi connectivity index (χ4v) is 2.85. The molecule has 1 heterocycles. The van der Waals surface area contributed by atoms with Crippen molar-refractivity contribution in [3.05, 3.63) is 29.8 Å². The molecule has 0 bridgehead atoms. The zero-order chi connectivity index (χ0) is 16.1. The van der Waals surface area contributed by atoms with Crippen LogP contribution in [0.4, 0.5) is 10.5 Å².